The molecule has 0 saturated carbocycles. The normalized spacial score (nSPS) is 12.6. The van der Waals surface area contributed by atoms with Gasteiger partial charge in [-0.2, -0.15) is 18.3 Å². The molecule has 5 rings (SSSR count). The monoisotopic (exact) mass is 779 g/mol. The maximum Gasteiger partial charge on any atom is 0.475 e. The van der Waals surface area contributed by atoms with Crippen molar-refractivity contribution < 1.29 is 41.2 Å². The fourth-order valence-electron chi connectivity index (χ4n) is 5.45. The number of benzene rings is 3. The van der Waals surface area contributed by atoms with Crippen molar-refractivity contribution >= 4 is 29.0 Å². The van der Waals surface area contributed by atoms with Crippen LogP contribution in [0, 0.1) is 19.8 Å². The predicted octanol–water partition coefficient (Wildman–Crippen LogP) is 4.18. The van der Waals surface area contributed by atoms with Crippen molar-refractivity contribution in [2.75, 3.05) is 0 Å². The second-order valence-electron chi connectivity index (χ2n) is 13.1. The standard InChI is InChI=1S/C19H25BN4O4.C18H16F3N3O2S/c1-13(2)10-17(20(27)28)24-18(25)15(11-14-6-4-3-5-7-14)23-19(26)16-12-21-8-9-22-16;1-11-3-4-12(2)15(9-11)16-10-17(18(19,20)21)23-24(16)13-5-7-14(8-6-13)27(22,25)26/h3-9,12-13,15,17,27-28H,10-11H2,1-2H3,(H,23,26)(H,24,25);3-10H,1-2H3,(H2,22,25,26)/t15-,17-;/m0./s1. The van der Waals surface area contributed by atoms with E-state index in [-0.39, 0.29) is 34.3 Å². The summed E-state index contributed by atoms with van der Waals surface area (Å²) >= 11 is 0. The maximum atomic E-state index is 13.2. The summed E-state index contributed by atoms with van der Waals surface area (Å²) in [6, 6.07) is 20.0. The summed E-state index contributed by atoms with van der Waals surface area (Å²) in [6.07, 6.45) is 0.171. The largest absolute Gasteiger partial charge is 0.475 e. The van der Waals surface area contributed by atoms with Crippen LogP contribution in [0.25, 0.3) is 16.9 Å². The molecule has 290 valence electrons. The Labute approximate surface area is 317 Å². The minimum atomic E-state index is -4.61. The van der Waals surface area contributed by atoms with Gasteiger partial charge in [0.15, 0.2) is 5.69 Å². The van der Waals surface area contributed by atoms with Crippen LogP contribution in [0.5, 0.6) is 0 Å². The van der Waals surface area contributed by atoms with Gasteiger partial charge in [0.1, 0.15) is 11.7 Å². The molecule has 0 aliphatic rings. The number of rotatable bonds is 12. The quantitative estimate of drug-likeness (QED) is 0.115. The molecule has 55 heavy (non-hydrogen) atoms. The number of halogens is 3. The number of nitrogens with zero attached hydrogens (tertiary/aromatic N) is 4. The Morgan fingerprint density at radius 2 is 1.62 bits per heavy atom. The van der Waals surface area contributed by atoms with Gasteiger partial charge in [-0.25, -0.2) is 23.2 Å². The molecule has 0 unspecified atom stereocenters. The van der Waals surface area contributed by atoms with Crippen molar-refractivity contribution in [2.24, 2.45) is 11.1 Å². The summed E-state index contributed by atoms with van der Waals surface area (Å²) in [6.45, 7) is 7.47. The van der Waals surface area contributed by atoms with Crippen LogP contribution in [0.1, 0.15) is 53.1 Å². The average molecular weight is 780 g/mol. The number of aromatic nitrogens is 4. The van der Waals surface area contributed by atoms with Gasteiger partial charge in [-0.05, 0) is 73.7 Å². The highest BCUT2D eigenvalue weighted by atomic mass is 32.2. The van der Waals surface area contributed by atoms with E-state index in [0.29, 0.717) is 12.0 Å². The molecule has 0 aliphatic carbocycles. The van der Waals surface area contributed by atoms with E-state index in [2.05, 4.69) is 25.7 Å². The molecular weight excluding hydrogens is 738 g/mol. The Balaban J connectivity index is 0.000000245. The van der Waals surface area contributed by atoms with Crippen LogP contribution in [-0.2, 0) is 27.4 Å². The number of hydrogen-bond donors (Lipinski definition) is 5. The van der Waals surface area contributed by atoms with Gasteiger partial charge in [0.2, 0.25) is 15.9 Å². The predicted molar refractivity (Wildman–Crippen MR) is 200 cm³/mol. The fraction of sp³-hybridized carbons (Fsp3) is 0.270. The molecule has 18 heteroatoms. The lowest BCUT2D eigenvalue weighted by Crippen LogP contribution is -2.55. The smallest absolute Gasteiger partial charge is 0.426 e. The number of amides is 2. The molecular formula is C37H41BF3N7O6S. The summed E-state index contributed by atoms with van der Waals surface area (Å²) in [5, 5.41) is 33.2. The number of nitrogens with two attached hydrogens (primary N) is 1. The molecule has 2 aromatic heterocycles. The molecule has 2 amide bonds. The van der Waals surface area contributed by atoms with Crippen molar-refractivity contribution in [3.63, 3.8) is 0 Å². The molecule has 0 spiro atoms. The highest BCUT2D eigenvalue weighted by molar-refractivity contribution is 7.89. The summed E-state index contributed by atoms with van der Waals surface area (Å²) in [4.78, 5) is 32.9. The van der Waals surface area contributed by atoms with E-state index in [0.717, 1.165) is 27.4 Å². The van der Waals surface area contributed by atoms with Crippen LogP contribution >= 0.6 is 0 Å². The van der Waals surface area contributed by atoms with Gasteiger partial charge in [-0.1, -0.05) is 61.9 Å². The van der Waals surface area contributed by atoms with Crippen LogP contribution in [0.4, 0.5) is 13.2 Å². The third kappa shape index (κ3) is 12.0. The summed E-state index contributed by atoms with van der Waals surface area (Å²) in [5.41, 5.74) is 2.74. The van der Waals surface area contributed by atoms with Crippen LogP contribution in [0.15, 0.2) is 102 Å². The Hall–Kier alpha value is -5.43. The Bertz CT molecular complexity index is 2170. The van der Waals surface area contributed by atoms with Gasteiger partial charge in [0.05, 0.1) is 28.4 Å². The molecule has 0 aliphatic heterocycles. The van der Waals surface area contributed by atoms with E-state index in [4.69, 9.17) is 5.14 Å². The van der Waals surface area contributed by atoms with Crippen LogP contribution in [0.2, 0.25) is 0 Å². The zero-order valence-corrected chi connectivity index (χ0v) is 31.2. The van der Waals surface area contributed by atoms with E-state index in [1.165, 1.54) is 42.9 Å². The number of hydrogen-bond acceptors (Lipinski definition) is 9. The number of alkyl halides is 3. The number of carbonyl (C=O) groups excluding carboxylic acids is 2. The molecule has 5 aromatic rings. The molecule has 3 aromatic carbocycles. The average Bonchev–Trinajstić information content (AvgIpc) is 3.59. The Kier molecular flexibility index (Phi) is 14.1. The molecule has 0 radical (unpaired) electrons. The summed E-state index contributed by atoms with van der Waals surface area (Å²) < 4.78 is 63.7. The van der Waals surface area contributed by atoms with Crippen LogP contribution < -0.4 is 15.8 Å². The molecule has 2 atom stereocenters. The Morgan fingerprint density at radius 1 is 0.945 bits per heavy atom. The summed E-state index contributed by atoms with van der Waals surface area (Å²) in [5.74, 6) is -1.72. The first-order chi connectivity index (χ1) is 25.8. The van der Waals surface area contributed by atoms with Crippen LogP contribution in [0.3, 0.4) is 0 Å². The van der Waals surface area contributed by atoms with E-state index in [1.54, 1.807) is 13.0 Å². The lowest BCUT2D eigenvalue weighted by atomic mass is 9.75. The van der Waals surface area contributed by atoms with Gasteiger partial charge in [0, 0.05) is 24.4 Å². The minimum Gasteiger partial charge on any atom is -0.426 e. The summed E-state index contributed by atoms with van der Waals surface area (Å²) in [7, 11) is -5.60. The molecule has 13 nitrogen and oxygen atoms in total. The van der Waals surface area contributed by atoms with Gasteiger partial charge >= 0.3 is 13.3 Å². The molecule has 0 bridgehead atoms. The van der Waals surface area contributed by atoms with Crippen molar-refractivity contribution in [1.82, 2.24) is 30.4 Å². The lowest BCUT2D eigenvalue weighted by Gasteiger charge is -2.24. The maximum absolute atomic E-state index is 13.2. The third-order valence-electron chi connectivity index (χ3n) is 8.19. The number of sulfonamides is 1. The van der Waals surface area contributed by atoms with E-state index in [1.807, 2.05) is 63.2 Å². The highest BCUT2D eigenvalue weighted by Gasteiger charge is 2.35. The highest BCUT2D eigenvalue weighted by Crippen LogP contribution is 2.34. The first-order valence-electron chi connectivity index (χ1n) is 17.0. The van der Waals surface area contributed by atoms with Gasteiger partial charge < -0.3 is 20.7 Å². The van der Waals surface area contributed by atoms with Crippen molar-refractivity contribution in [3.8, 4) is 16.9 Å². The van der Waals surface area contributed by atoms with Gasteiger partial charge in [-0.15, -0.1) is 0 Å². The fourth-order valence-corrected chi connectivity index (χ4v) is 5.97. The number of nitrogens with one attached hydrogen (secondary N) is 2. The second-order valence-corrected chi connectivity index (χ2v) is 14.7. The molecule has 2 heterocycles. The van der Waals surface area contributed by atoms with E-state index < -0.39 is 52.8 Å². The SMILES string of the molecule is CC(C)C[C@H](NC(=O)[C@H](Cc1ccccc1)NC(=O)c1cnccn1)B(O)O.Cc1ccc(C)c(-c2cc(C(F)(F)F)nn2-c2ccc(S(N)(=O)=O)cc2)c1. The number of primary sulfonamides is 1. The molecule has 6 N–H and O–H groups in total. The Morgan fingerprint density at radius 3 is 2.18 bits per heavy atom. The third-order valence-corrected chi connectivity index (χ3v) is 9.12. The van der Waals surface area contributed by atoms with Gasteiger partial charge in [0.25, 0.3) is 5.91 Å². The minimum absolute atomic E-state index is 0.0919. The van der Waals surface area contributed by atoms with Gasteiger partial charge in [-0.3, -0.25) is 14.6 Å². The first-order valence-corrected chi connectivity index (χ1v) is 18.5. The second kappa shape index (κ2) is 18.3. The van der Waals surface area contributed by atoms with E-state index in [9.17, 15) is 41.2 Å². The van der Waals surface area contributed by atoms with Crippen molar-refractivity contribution in [1.29, 1.82) is 0 Å². The zero-order chi connectivity index (χ0) is 40.5. The molecule has 0 fully saturated rings. The topological polar surface area (TPSA) is 202 Å². The van der Waals surface area contributed by atoms with Crippen molar-refractivity contribution in [3.05, 3.63) is 126 Å². The number of aryl methyl sites for hydroxylation is 2. The van der Waals surface area contributed by atoms with Crippen molar-refractivity contribution in [2.45, 2.75) is 63.6 Å². The van der Waals surface area contributed by atoms with E-state index >= 15 is 0 Å². The van der Waals surface area contributed by atoms with Crippen LogP contribution in [-0.4, -0.2) is 69.1 Å². The number of carbonyl (C=O) groups is 2. The zero-order valence-electron chi connectivity index (χ0n) is 30.4. The lowest BCUT2D eigenvalue weighted by molar-refractivity contribution is -0.141. The first kappa shape index (κ1) is 42.3. The molecule has 0 saturated heterocycles.